The summed E-state index contributed by atoms with van der Waals surface area (Å²) in [5.41, 5.74) is 5.62. The molecule has 1 aliphatic heterocycles. The summed E-state index contributed by atoms with van der Waals surface area (Å²) in [6.07, 6.45) is 1.56. The van der Waals surface area contributed by atoms with Gasteiger partial charge in [0.2, 0.25) is 0 Å². The lowest BCUT2D eigenvalue weighted by atomic mass is 9.87. The molecule has 1 heterocycles. The van der Waals surface area contributed by atoms with Crippen LogP contribution in [0.2, 0.25) is 0 Å². The van der Waals surface area contributed by atoms with E-state index in [0.717, 1.165) is 19.6 Å². The van der Waals surface area contributed by atoms with Gasteiger partial charge in [0.1, 0.15) is 0 Å². The van der Waals surface area contributed by atoms with Crippen LogP contribution in [0, 0.1) is 26.7 Å². The Labute approximate surface area is 117 Å². The fraction of sp³-hybridized carbons (Fsp3) is 0.647. The molecule has 1 N–H and O–H groups in total. The van der Waals surface area contributed by atoms with Crippen LogP contribution in [0.5, 0.6) is 0 Å². The average molecular weight is 261 g/mol. The molecule has 1 aromatic carbocycles. The van der Waals surface area contributed by atoms with Crippen LogP contribution in [-0.4, -0.2) is 19.3 Å². The molecule has 0 aromatic heterocycles. The summed E-state index contributed by atoms with van der Waals surface area (Å²) in [5.74, 6) is 0.593. The lowest BCUT2D eigenvalue weighted by molar-refractivity contribution is 0.117. The van der Waals surface area contributed by atoms with Crippen LogP contribution < -0.4 is 5.32 Å². The monoisotopic (exact) mass is 261 g/mol. The molecule has 1 aliphatic rings. The molecule has 0 bridgehead atoms. The van der Waals surface area contributed by atoms with Crippen LogP contribution in [0.25, 0.3) is 0 Å². The minimum Gasteiger partial charge on any atom is -0.378 e. The van der Waals surface area contributed by atoms with Crippen LogP contribution in [0.15, 0.2) is 12.1 Å². The summed E-state index contributed by atoms with van der Waals surface area (Å²) >= 11 is 0. The molecule has 2 nitrogen and oxygen atoms in total. The highest BCUT2D eigenvalue weighted by atomic mass is 16.5. The Morgan fingerprint density at radius 2 is 1.89 bits per heavy atom. The van der Waals surface area contributed by atoms with Crippen molar-refractivity contribution in [1.82, 2.24) is 5.32 Å². The van der Waals surface area contributed by atoms with Gasteiger partial charge < -0.3 is 10.1 Å². The molecule has 2 heteroatoms. The van der Waals surface area contributed by atoms with Crippen molar-refractivity contribution >= 4 is 0 Å². The molecule has 3 unspecified atom stereocenters. The van der Waals surface area contributed by atoms with E-state index in [-0.39, 0.29) is 0 Å². The van der Waals surface area contributed by atoms with E-state index in [9.17, 15) is 0 Å². The lowest BCUT2D eigenvalue weighted by Gasteiger charge is -2.26. The average Bonchev–Trinajstić information content (AvgIpc) is 2.78. The van der Waals surface area contributed by atoms with Crippen molar-refractivity contribution in [1.29, 1.82) is 0 Å². The van der Waals surface area contributed by atoms with E-state index in [0.29, 0.717) is 18.1 Å². The van der Waals surface area contributed by atoms with E-state index in [4.69, 9.17) is 4.74 Å². The number of rotatable bonds is 4. The quantitative estimate of drug-likeness (QED) is 0.892. The Hall–Kier alpha value is -0.860. The molecular formula is C17H27NO. The zero-order valence-electron chi connectivity index (χ0n) is 12.9. The Kier molecular flexibility index (Phi) is 4.64. The number of ether oxygens (including phenoxy) is 1. The molecule has 2 rings (SSSR count). The second-order valence-electron chi connectivity index (χ2n) is 5.97. The summed E-state index contributed by atoms with van der Waals surface area (Å²) < 4.78 is 5.77. The molecule has 0 aliphatic carbocycles. The number of hydrogen-bond donors (Lipinski definition) is 1. The van der Waals surface area contributed by atoms with Gasteiger partial charge in [-0.3, -0.25) is 0 Å². The Bertz CT molecular complexity index is 441. The third-order valence-corrected chi connectivity index (χ3v) is 4.34. The number of nitrogens with one attached hydrogen (secondary N) is 1. The number of benzene rings is 1. The third kappa shape index (κ3) is 3.18. The maximum absolute atomic E-state index is 5.77. The SMILES string of the molecule is CCNC(c1cc(C)c(C)cc1C)C1COC(C)C1. The van der Waals surface area contributed by atoms with Gasteiger partial charge in [-0.15, -0.1) is 0 Å². The zero-order valence-corrected chi connectivity index (χ0v) is 12.9. The van der Waals surface area contributed by atoms with Gasteiger partial charge in [0.15, 0.2) is 0 Å². The van der Waals surface area contributed by atoms with Gasteiger partial charge in [-0.25, -0.2) is 0 Å². The minimum absolute atomic E-state index is 0.401. The van der Waals surface area contributed by atoms with Crippen LogP contribution in [-0.2, 0) is 4.74 Å². The van der Waals surface area contributed by atoms with Gasteiger partial charge in [0.05, 0.1) is 12.7 Å². The van der Waals surface area contributed by atoms with E-state index >= 15 is 0 Å². The Balaban J connectivity index is 2.30. The minimum atomic E-state index is 0.401. The third-order valence-electron chi connectivity index (χ3n) is 4.34. The van der Waals surface area contributed by atoms with Crippen molar-refractivity contribution in [2.45, 2.75) is 53.2 Å². The second-order valence-corrected chi connectivity index (χ2v) is 5.97. The van der Waals surface area contributed by atoms with Crippen LogP contribution in [0.4, 0.5) is 0 Å². The van der Waals surface area contributed by atoms with E-state index < -0.39 is 0 Å². The molecule has 19 heavy (non-hydrogen) atoms. The van der Waals surface area contributed by atoms with Gasteiger partial charge in [0.25, 0.3) is 0 Å². The Morgan fingerprint density at radius 3 is 2.47 bits per heavy atom. The smallest absolute Gasteiger partial charge is 0.0551 e. The molecule has 1 saturated heterocycles. The standard InChI is InChI=1S/C17H27NO/c1-6-18-17(15-9-14(5)19-10-15)16-8-12(3)11(2)7-13(16)4/h7-8,14-15,17-18H,6,9-10H2,1-5H3. The van der Waals surface area contributed by atoms with E-state index in [1.54, 1.807) is 0 Å². The van der Waals surface area contributed by atoms with Crippen LogP contribution >= 0.6 is 0 Å². The predicted molar refractivity (Wildman–Crippen MR) is 80.6 cm³/mol. The van der Waals surface area contributed by atoms with Crippen molar-refractivity contribution in [3.8, 4) is 0 Å². The zero-order chi connectivity index (χ0) is 14.0. The van der Waals surface area contributed by atoms with Gasteiger partial charge >= 0.3 is 0 Å². The summed E-state index contributed by atoms with van der Waals surface area (Å²) in [6.45, 7) is 12.9. The first kappa shape index (κ1) is 14.5. The summed E-state index contributed by atoms with van der Waals surface area (Å²) in [5, 5.41) is 3.67. The maximum atomic E-state index is 5.77. The molecule has 3 atom stereocenters. The summed E-state index contributed by atoms with van der Waals surface area (Å²) in [6, 6.07) is 5.10. The van der Waals surface area contributed by atoms with Crippen molar-refractivity contribution in [2.24, 2.45) is 5.92 Å². The van der Waals surface area contributed by atoms with Gasteiger partial charge in [-0.2, -0.15) is 0 Å². The summed E-state index contributed by atoms with van der Waals surface area (Å²) in [4.78, 5) is 0. The summed E-state index contributed by atoms with van der Waals surface area (Å²) in [7, 11) is 0. The Morgan fingerprint density at radius 1 is 1.21 bits per heavy atom. The van der Waals surface area contributed by atoms with E-state index in [1.807, 2.05) is 0 Å². The molecule has 0 radical (unpaired) electrons. The fourth-order valence-electron chi connectivity index (χ4n) is 3.15. The van der Waals surface area contributed by atoms with Crippen molar-refractivity contribution < 1.29 is 4.74 Å². The van der Waals surface area contributed by atoms with Crippen LogP contribution in [0.3, 0.4) is 0 Å². The number of hydrogen-bond acceptors (Lipinski definition) is 2. The molecule has 0 spiro atoms. The number of aryl methyl sites for hydroxylation is 3. The van der Waals surface area contributed by atoms with Gasteiger partial charge in [-0.05, 0) is 62.9 Å². The second kappa shape index (κ2) is 6.06. The van der Waals surface area contributed by atoms with Crippen LogP contribution in [0.1, 0.15) is 48.6 Å². The topological polar surface area (TPSA) is 21.3 Å². The van der Waals surface area contributed by atoms with Gasteiger partial charge in [0, 0.05) is 12.0 Å². The highest BCUT2D eigenvalue weighted by molar-refractivity contribution is 5.38. The normalized spacial score (nSPS) is 24.7. The van der Waals surface area contributed by atoms with E-state index in [1.165, 1.54) is 22.3 Å². The van der Waals surface area contributed by atoms with Crippen molar-refractivity contribution in [3.05, 3.63) is 34.4 Å². The van der Waals surface area contributed by atoms with E-state index in [2.05, 4.69) is 52.1 Å². The lowest BCUT2D eigenvalue weighted by Crippen LogP contribution is -2.29. The maximum Gasteiger partial charge on any atom is 0.0551 e. The molecule has 1 fully saturated rings. The molecule has 1 aromatic rings. The first-order valence-corrected chi connectivity index (χ1v) is 7.45. The first-order valence-electron chi connectivity index (χ1n) is 7.45. The largest absolute Gasteiger partial charge is 0.378 e. The molecule has 0 amide bonds. The van der Waals surface area contributed by atoms with Gasteiger partial charge in [-0.1, -0.05) is 19.1 Å². The fourth-order valence-corrected chi connectivity index (χ4v) is 3.15. The molecule has 0 saturated carbocycles. The van der Waals surface area contributed by atoms with Crippen molar-refractivity contribution in [2.75, 3.05) is 13.2 Å². The highest BCUT2D eigenvalue weighted by Gasteiger charge is 2.31. The predicted octanol–water partition coefficient (Wildman–Crippen LogP) is 3.69. The van der Waals surface area contributed by atoms with Crippen molar-refractivity contribution in [3.63, 3.8) is 0 Å². The molecular weight excluding hydrogens is 234 g/mol. The highest BCUT2D eigenvalue weighted by Crippen LogP contribution is 2.34. The first-order chi connectivity index (χ1) is 9.02. The molecule has 106 valence electrons.